The molecule has 0 heterocycles. The first-order valence-electron chi connectivity index (χ1n) is 4.11. The van der Waals surface area contributed by atoms with E-state index in [1.807, 2.05) is 13.0 Å². The van der Waals surface area contributed by atoms with Gasteiger partial charge in [-0.25, -0.2) is 0 Å². The molecule has 13 heavy (non-hydrogen) atoms. The second-order valence-electron chi connectivity index (χ2n) is 3.08. The number of hydrogen-bond donors (Lipinski definition) is 4. The molecule has 1 aromatic rings. The van der Waals surface area contributed by atoms with Crippen LogP contribution in [0.3, 0.4) is 0 Å². The van der Waals surface area contributed by atoms with E-state index in [-0.39, 0.29) is 18.3 Å². The van der Waals surface area contributed by atoms with E-state index < -0.39 is 0 Å². The van der Waals surface area contributed by atoms with E-state index in [1.54, 1.807) is 6.07 Å². The second kappa shape index (κ2) is 3.64. The van der Waals surface area contributed by atoms with Gasteiger partial charge in [0.1, 0.15) is 5.75 Å². The number of nitrogen functional groups attached to an aromatic ring is 1. The summed E-state index contributed by atoms with van der Waals surface area (Å²) in [7, 11) is 0. The Kier molecular flexibility index (Phi) is 2.75. The third-order valence-corrected chi connectivity index (χ3v) is 2.09. The van der Waals surface area contributed by atoms with Crippen molar-refractivity contribution in [2.45, 2.75) is 13.0 Å². The van der Waals surface area contributed by atoms with Crippen molar-refractivity contribution in [2.24, 2.45) is 11.5 Å². The van der Waals surface area contributed by atoms with Crippen LogP contribution in [0, 0.1) is 6.92 Å². The van der Waals surface area contributed by atoms with E-state index in [4.69, 9.17) is 17.2 Å². The lowest BCUT2D eigenvalue weighted by Gasteiger charge is -2.15. The molecule has 0 aliphatic rings. The summed E-state index contributed by atoms with van der Waals surface area (Å²) in [5, 5.41) is 9.62. The van der Waals surface area contributed by atoms with Gasteiger partial charge in [0, 0.05) is 18.2 Å². The summed E-state index contributed by atoms with van der Waals surface area (Å²) >= 11 is 0. The monoisotopic (exact) mass is 181 g/mol. The summed E-state index contributed by atoms with van der Waals surface area (Å²) in [5.74, 6) is 0.0537. The van der Waals surface area contributed by atoms with Crippen LogP contribution in [-0.2, 0) is 0 Å². The van der Waals surface area contributed by atoms with E-state index >= 15 is 0 Å². The van der Waals surface area contributed by atoms with Crippen LogP contribution in [0.4, 0.5) is 5.69 Å². The number of anilines is 1. The van der Waals surface area contributed by atoms with Gasteiger partial charge in [0.15, 0.2) is 0 Å². The van der Waals surface area contributed by atoms with Crippen molar-refractivity contribution >= 4 is 5.69 Å². The summed E-state index contributed by atoms with van der Waals surface area (Å²) in [6, 6.07) is 3.11. The van der Waals surface area contributed by atoms with Gasteiger partial charge in [0.25, 0.3) is 0 Å². The molecule has 7 N–H and O–H groups in total. The zero-order valence-electron chi connectivity index (χ0n) is 7.62. The largest absolute Gasteiger partial charge is 0.505 e. The molecule has 0 radical (unpaired) electrons. The molecule has 0 amide bonds. The Morgan fingerprint density at radius 2 is 2.08 bits per heavy atom. The van der Waals surface area contributed by atoms with E-state index in [0.29, 0.717) is 11.3 Å². The lowest BCUT2D eigenvalue weighted by Crippen LogP contribution is -2.22. The van der Waals surface area contributed by atoms with Gasteiger partial charge in [-0.05, 0) is 18.6 Å². The molecule has 4 nitrogen and oxygen atoms in total. The van der Waals surface area contributed by atoms with Gasteiger partial charge in [-0.15, -0.1) is 0 Å². The molecule has 0 aromatic heterocycles. The van der Waals surface area contributed by atoms with Crippen molar-refractivity contribution in [1.29, 1.82) is 0 Å². The number of phenols is 1. The third kappa shape index (κ3) is 1.74. The maximum atomic E-state index is 9.62. The summed E-state index contributed by atoms with van der Waals surface area (Å²) in [5.41, 5.74) is 18.6. The van der Waals surface area contributed by atoms with E-state index in [1.165, 1.54) is 0 Å². The number of aromatic hydroxyl groups is 1. The zero-order chi connectivity index (χ0) is 10.0. The lowest BCUT2D eigenvalue weighted by molar-refractivity contribution is 0.464. The highest BCUT2D eigenvalue weighted by atomic mass is 16.3. The molecule has 4 heteroatoms. The minimum Gasteiger partial charge on any atom is -0.505 e. The highest BCUT2D eigenvalue weighted by molar-refractivity contribution is 5.59. The van der Waals surface area contributed by atoms with Crippen LogP contribution < -0.4 is 17.2 Å². The fraction of sp³-hybridized carbons (Fsp3) is 0.333. The number of nitrogens with two attached hydrogens (primary N) is 3. The Morgan fingerprint density at radius 1 is 1.46 bits per heavy atom. The van der Waals surface area contributed by atoms with Crippen molar-refractivity contribution in [3.05, 3.63) is 23.3 Å². The van der Waals surface area contributed by atoms with Crippen molar-refractivity contribution in [3.63, 3.8) is 0 Å². The van der Waals surface area contributed by atoms with Crippen LogP contribution in [0.5, 0.6) is 5.75 Å². The molecule has 0 aliphatic heterocycles. The highest BCUT2D eigenvalue weighted by Gasteiger charge is 2.13. The standard InChI is InChI=1S/C9H15N3O/c1-5-2-3-6(11)9(13)8(5)7(12)4-10/h2-3,7,13H,4,10-12H2,1H3. The molecule has 0 aliphatic carbocycles. The fourth-order valence-electron chi connectivity index (χ4n) is 1.31. The lowest BCUT2D eigenvalue weighted by atomic mass is 10.00. The van der Waals surface area contributed by atoms with Crippen LogP contribution in [0.2, 0.25) is 0 Å². The number of phenolic OH excluding ortho intramolecular Hbond substituents is 1. The molecule has 0 bridgehead atoms. The predicted molar refractivity (Wildman–Crippen MR) is 53.2 cm³/mol. The number of aryl methyl sites for hydroxylation is 1. The normalized spacial score (nSPS) is 12.8. The average Bonchev–Trinajstić information content (AvgIpc) is 2.12. The van der Waals surface area contributed by atoms with Crippen molar-refractivity contribution in [1.82, 2.24) is 0 Å². The van der Waals surface area contributed by atoms with Crippen LogP contribution >= 0.6 is 0 Å². The highest BCUT2D eigenvalue weighted by Crippen LogP contribution is 2.31. The van der Waals surface area contributed by atoms with Crippen LogP contribution in [-0.4, -0.2) is 11.7 Å². The first-order valence-corrected chi connectivity index (χ1v) is 4.11. The topological polar surface area (TPSA) is 98.3 Å². The first-order chi connectivity index (χ1) is 6.07. The molecule has 1 rings (SSSR count). The van der Waals surface area contributed by atoms with Crippen LogP contribution in [0.1, 0.15) is 17.2 Å². The minimum atomic E-state index is -0.358. The Balaban J connectivity index is 3.25. The van der Waals surface area contributed by atoms with Crippen LogP contribution in [0.15, 0.2) is 12.1 Å². The first kappa shape index (κ1) is 9.83. The molecule has 0 saturated carbocycles. The molecule has 72 valence electrons. The van der Waals surface area contributed by atoms with E-state index in [0.717, 1.165) is 5.56 Å². The Labute approximate surface area is 77.3 Å². The molecular weight excluding hydrogens is 166 g/mol. The maximum Gasteiger partial charge on any atom is 0.143 e. The van der Waals surface area contributed by atoms with Crippen molar-refractivity contribution in [2.75, 3.05) is 12.3 Å². The van der Waals surface area contributed by atoms with Crippen molar-refractivity contribution in [3.8, 4) is 5.75 Å². The summed E-state index contributed by atoms with van der Waals surface area (Å²) in [6.07, 6.45) is 0. The Hall–Kier alpha value is -1.26. The van der Waals surface area contributed by atoms with Crippen molar-refractivity contribution < 1.29 is 5.11 Å². The van der Waals surface area contributed by atoms with Crippen LogP contribution in [0.25, 0.3) is 0 Å². The summed E-state index contributed by atoms with van der Waals surface area (Å²) in [6.45, 7) is 2.15. The summed E-state index contributed by atoms with van der Waals surface area (Å²) in [4.78, 5) is 0. The average molecular weight is 181 g/mol. The van der Waals surface area contributed by atoms with Gasteiger partial charge in [0.05, 0.1) is 5.69 Å². The predicted octanol–water partition coefficient (Wildman–Crippen LogP) is 0.241. The Morgan fingerprint density at radius 3 is 2.62 bits per heavy atom. The van der Waals surface area contributed by atoms with Gasteiger partial charge in [-0.1, -0.05) is 6.07 Å². The van der Waals surface area contributed by atoms with Gasteiger partial charge in [-0.3, -0.25) is 0 Å². The quantitative estimate of drug-likeness (QED) is 0.388. The Bertz CT molecular complexity index is 312. The fourth-order valence-corrected chi connectivity index (χ4v) is 1.31. The van der Waals surface area contributed by atoms with Gasteiger partial charge >= 0.3 is 0 Å². The number of benzene rings is 1. The number of hydrogen-bond acceptors (Lipinski definition) is 4. The number of rotatable bonds is 2. The molecule has 0 spiro atoms. The molecule has 1 unspecified atom stereocenters. The minimum absolute atomic E-state index is 0.0537. The van der Waals surface area contributed by atoms with E-state index in [2.05, 4.69) is 0 Å². The molecular formula is C9H15N3O. The van der Waals surface area contributed by atoms with Gasteiger partial charge in [-0.2, -0.15) is 0 Å². The molecule has 1 atom stereocenters. The zero-order valence-corrected chi connectivity index (χ0v) is 7.62. The molecule has 1 aromatic carbocycles. The van der Waals surface area contributed by atoms with E-state index in [9.17, 15) is 5.11 Å². The molecule has 0 fully saturated rings. The molecule has 0 saturated heterocycles. The summed E-state index contributed by atoms with van der Waals surface area (Å²) < 4.78 is 0. The SMILES string of the molecule is Cc1ccc(N)c(O)c1C(N)CN. The third-order valence-electron chi connectivity index (χ3n) is 2.09. The maximum absolute atomic E-state index is 9.62. The van der Waals surface area contributed by atoms with Gasteiger partial charge < -0.3 is 22.3 Å². The smallest absolute Gasteiger partial charge is 0.143 e. The second-order valence-corrected chi connectivity index (χ2v) is 3.08. The van der Waals surface area contributed by atoms with Gasteiger partial charge in [0.2, 0.25) is 0 Å².